The second kappa shape index (κ2) is 6.30. The van der Waals surface area contributed by atoms with Gasteiger partial charge in [0.25, 0.3) is 0 Å². The monoisotopic (exact) mass is 245 g/mol. The van der Waals surface area contributed by atoms with E-state index in [1.54, 1.807) is 0 Å². The standard InChI is InChI=1S/C10H12ClNO4/c11-8-4-3-5-9(12(14)15)10(8)16-7-2-1-6-13/h3-5,13H,1-2,6-7H2. The van der Waals surface area contributed by atoms with Gasteiger partial charge in [-0.2, -0.15) is 0 Å². The van der Waals surface area contributed by atoms with E-state index >= 15 is 0 Å². The highest BCUT2D eigenvalue weighted by Gasteiger charge is 2.17. The highest BCUT2D eigenvalue weighted by molar-refractivity contribution is 6.32. The van der Waals surface area contributed by atoms with Gasteiger partial charge < -0.3 is 9.84 Å². The Balaban J connectivity index is 2.73. The summed E-state index contributed by atoms with van der Waals surface area (Å²) in [4.78, 5) is 10.2. The molecule has 1 rings (SSSR count). The van der Waals surface area contributed by atoms with Gasteiger partial charge >= 0.3 is 5.69 Å². The maximum Gasteiger partial charge on any atom is 0.312 e. The predicted molar refractivity (Wildman–Crippen MR) is 59.9 cm³/mol. The Hall–Kier alpha value is -1.33. The molecule has 0 fully saturated rings. The molecular formula is C10H12ClNO4. The van der Waals surface area contributed by atoms with Crippen LogP contribution in [0.15, 0.2) is 18.2 Å². The molecule has 0 heterocycles. The third kappa shape index (κ3) is 3.36. The van der Waals surface area contributed by atoms with E-state index in [-0.39, 0.29) is 23.1 Å². The smallest absolute Gasteiger partial charge is 0.312 e. The molecule has 0 aliphatic rings. The average Bonchev–Trinajstić information content (AvgIpc) is 2.25. The molecule has 1 aromatic carbocycles. The van der Waals surface area contributed by atoms with E-state index in [0.29, 0.717) is 19.4 Å². The maximum atomic E-state index is 10.7. The van der Waals surface area contributed by atoms with Crippen molar-refractivity contribution in [1.82, 2.24) is 0 Å². The number of para-hydroxylation sites is 1. The number of halogens is 1. The number of rotatable bonds is 6. The van der Waals surface area contributed by atoms with Gasteiger partial charge in [0.1, 0.15) is 0 Å². The first-order valence-corrected chi connectivity index (χ1v) is 5.21. The lowest BCUT2D eigenvalue weighted by Gasteiger charge is -2.07. The Morgan fingerprint density at radius 2 is 2.19 bits per heavy atom. The van der Waals surface area contributed by atoms with Gasteiger partial charge in [0.15, 0.2) is 0 Å². The topological polar surface area (TPSA) is 72.6 Å². The quantitative estimate of drug-likeness (QED) is 0.475. The average molecular weight is 246 g/mol. The second-order valence-electron chi connectivity index (χ2n) is 3.12. The second-order valence-corrected chi connectivity index (χ2v) is 3.53. The van der Waals surface area contributed by atoms with Crippen molar-refractivity contribution in [1.29, 1.82) is 0 Å². The molecule has 16 heavy (non-hydrogen) atoms. The summed E-state index contributed by atoms with van der Waals surface area (Å²) in [5.74, 6) is 0.0899. The van der Waals surface area contributed by atoms with Crippen LogP contribution in [0.3, 0.4) is 0 Å². The number of nitrogens with zero attached hydrogens (tertiary/aromatic N) is 1. The summed E-state index contributed by atoms with van der Waals surface area (Å²) >= 11 is 5.81. The van der Waals surface area contributed by atoms with Crippen molar-refractivity contribution in [2.45, 2.75) is 12.8 Å². The summed E-state index contributed by atoms with van der Waals surface area (Å²) in [6.07, 6.45) is 1.22. The minimum absolute atomic E-state index is 0.0774. The lowest BCUT2D eigenvalue weighted by molar-refractivity contribution is -0.385. The lowest BCUT2D eigenvalue weighted by Crippen LogP contribution is -2.02. The molecule has 6 heteroatoms. The summed E-state index contributed by atoms with van der Waals surface area (Å²) in [6, 6.07) is 4.38. The van der Waals surface area contributed by atoms with Crippen molar-refractivity contribution in [2.24, 2.45) is 0 Å². The van der Waals surface area contributed by atoms with Crippen LogP contribution >= 0.6 is 11.6 Å². The first-order chi connectivity index (χ1) is 7.66. The van der Waals surface area contributed by atoms with Gasteiger partial charge in [0, 0.05) is 12.7 Å². The molecule has 5 nitrogen and oxygen atoms in total. The summed E-state index contributed by atoms with van der Waals surface area (Å²) in [5, 5.41) is 19.5. The fraction of sp³-hybridized carbons (Fsp3) is 0.400. The van der Waals surface area contributed by atoms with E-state index in [0.717, 1.165) is 0 Å². The van der Waals surface area contributed by atoms with Crippen molar-refractivity contribution in [3.8, 4) is 5.75 Å². The molecule has 0 amide bonds. The van der Waals surface area contributed by atoms with Gasteiger partial charge in [-0.3, -0.25) is 10.1 Å². The van der Waals surface area contributed by atoms with Crippen LogP contribution in [-0.2, 0) is 0 Å². The van der Waals surface area contributed by atoms with E-state index in [1.165, 1.54) is 18.2 Å². The molecule has 0 bridgehead atoms. The summed E-state index contributed by atoms with van der Waals surface area (Å²) < 4.78 is 5.25. The van der Waals surface area contributed by atoms with Gasteiger partial charge in [-0.05, 0) is 18.9 Å². The fourth-order valence-corrected chi connectivity index (χ4v) is 1.40. The highest BCUT2D eigenvalue weighted by atomic mass is 35.5. The Morgan fingerprint density at radius 1 is 1.44 bits per heavy atom. The SMILES string of the molecule is O=[N+]([O-])c1cccc(Cl)c1OCCCCO. The third-order valence-electron chi connectivity index (χ3n) is 1.94. The van der Waals surface area contributed by atoms with Crippen LogP contribution in [0.5, 0.6) is 5.75 Å². The number of aliphatic hydroxyl groups is 1. The van der Waals surface area contributed by atoms with Crippen molar-refractivity contribution >= 4 is 17.3 Å². The molecule has 0 radical (unpaired) electrons. The number of benzene rings is 1. The zero-order chi connectivity index (χ0) is 12.0. The van der Waals surface area contributed by atoms with Crippen LogP contribution in [-0.4, -0.2) is 23.2 Å². The van der Waals surface area contributed by atoms with E-state index < -0.39 is 4.92 Å². The highest BCUT2D eigenvalue weighted by Crippen LogP contribution is 2.34. The molecule has 0 atom stereocenters. The molecule has 0 unspecified atom stereocenters. The minimum Gasteiger partial charge on any atom is -0.486 e. The maximum absolute atomic E-state index is 10.7. The molecule has 0 aromatic heterocycles. The molecule has 0 aliphatic carbocycles. The summed E-state index contributed by atoms with van der Waals surface area (Å²) in [5.41, 5.74) is -0.142. The van der Waals surface area contributed by atoms with E-state index in [9.17, 15) is 10.1 Å². The Morgan fingerprint density at radius 3 is 2.81 bits per heavy atom. The normalized spacial score (nSPS) is 10.1. The molecule has 0 saturated carbocycles. The number of nitro benzene ring substituents is 1. The molecule has 0 spiro atoms. The summed E-state index contributed by atoms with van der Waals surface area (Å²) in [6.45, 7) is 0.374. The Kier molecular flexibility index (Phi) is 5.01. The zero-order valence-corrected chi connectivity index (χ0v) is 9.31. The lowest BCUT2D eigenvalue weighted by atomic mass is 10.3. The number of ether oxygens (including phenoxy) is 1. The van der Waals surface area contributed by atoms with E-state index in [2.05, 4.69) is 0 Å². The third-order valence-corrected chi connectivity index (χ3v) is 2.24. The van der Waals surface area contributed by atoms with E-state index in [1.807, 2.05) is 0 Å². The predicted octanol–water partition coefficient (Wildman–Crippen LogP) is 2.40. The largest absolute Gasteiger partial charge is 0.486 e. The molecule has 88 valence electrons. The van der Waals surface area contributed by atoms with Crippen molar-refractivity contribution in [3.63, 3.8) is 0 Å². The number of nitro groups is 1. The fourth-order valence-electron chi connectivity index (χ4n) is 1.17. The Bertz CT molecular complexity index is 370. The number of unbranched alkanes of at least 4 members (excludes halogenated alkanes) is 1. The van der Waals surface area contributed by atoms with Crippen LogP contribution in [0.25, 0.3) is 0 Å². The van der Waals surface area contributed by atoms with Gasteiger partial charge in [0.05, 0.1) is 16.6 Å². The molecule has 0 aliphatic heterocycles. The first-order valence-electron chi connectivity index (χ1n) is 4.83. The number of hydrogen-bond acceptors (Lipinski definition) is 4. The number of aliphatic hydroxyl groups excluding tert-OH is 1. The molecule has 0 saturated heterocycles. The minimum atomic E-state index is -0.534. The van der Waals surface area contributed by atoms with Crippen LogP contribution < -0.4 is 4.74 Å². The van der Waals surface area contributed by atoms with Crippen LogP contribution in [0.4, 0.5) is 5.69 Å². The van der Waals surface area contributed by atoms with Gasteiger partial charge in [-0.15, -0.1) is 0 Å². The van der Waals surface area contributed by atoms with Gasteiger partial charge in [0.2, 0.25) is 5.75 Å². The van der Waals surface area contributed by atoms with Crippen molar-refractivity contribution < 1.29 is 14.8 Å². The molecule has 1 N–H and O–H groups in total. The molecular weight excluding hydrogens is 234 g/mol. The van der Waals surface area contributed by atoms with Crippen LogP contribution in [0, 0.1) is 10.1 Å². The van der Waals surface area contributed by atoms with Crippen molar-refractivity contribution in [2.75, 3.05) is 13.2 Å². The zero-order valence-electron chi connectivity index (χ0n) is 8.56. The van der Waals surface area contributed by atoms with Crippen LogP contribution in [0.1, 0.15) is 12.8 Å². The van der Waals surface area contributed by atoms with Gasteiger partial charge in [-0.25, -0.2) is 0 Å². The summed E-state index contributed by atoms with van der Waals surface area (Å²) in [7, 11) is 0. The van der Waals surface area contributed by atoms with Crippen molar-refractivity contribution in [3.05, 3.63) is 33.3 Å². The van der Waals surface area contributed by atoms with Gasteiger partial charge in [-0.1, -0.05) is 17.7 Å². The Labute approximate surface area is 97.8 Å². The molecule has 1 aromatic rings. The first kappa shape index (κ1) is 12.7. The van der Waals surface area contributed by atoms with Crippen LogP contribution in [0.2, 0.25) is 5.02 Å². The van der Waals surface area contributed by atoms with E-state index in [4.69, 9.17) is 21.4 Å². The number of hydrogen-bond donors (Lipinski definition) is 1.